The van der Waals surface area contributed by atoms with E-state index in [4.69, 9.17) is 10.5 Å². The summed E-state index contributed by atoms with van der Waals surface area (Å²) in [7, 11) is 0. The smallest absolute Gasteiger partial charge is 0.408 e. The first-order chi connectivity index (χ1) is 9.59. The summed E-state index contributed by atoms with van der Waals surface area (Å²) < 4.78 is 36.5. The second kappa shape index (κ2) is 8.11. The molecule has 1 atom stereocenters. The first kappa shape index (κ1) is 19.6. The Kier molecular flexibility index (Phi) is 7.56. The van der Waals surface area contributed by atoms with Crippen molar-refractivity contribution in [1.82, 2.24) is 5.32 Å². The van der Waals surface area contributed by atoms with Crippen LogP contribution >= 0.6 is 0 Å². The number of nitrogens with one attached hydrogen (secondary N) is 1. The number of halogens is 2. The van der Waals surface area contributed by atoms with Crippen LogP contribution in [0.2, 0.25) is 0 Å². The van der Waals surface area contributed by atoms with Gasteiger partial charge in [0, 0.05) is 0 Å². The fourth-order valence-corrected chi connectivity index (χ4v) is 1.59. The van der Waals surface area contributed by atoms with Crippen molar-refractivity contribution in [2.24, 2.45) is 5.73 Å². The van der Waals surface area contributed by atoms with Crippen molar-refractivity contribution in [3.8, 4) is 0 Å². The minimum Gasteiger partial charge on any atom is -0.464 e. The van der Waals surface area contributed by atoms with E-state index in [2.05, 4.69) is 4.74 Å². The number of alkyl halides is 2. The quantitative estimate of drug-likeness (QED) is 0.700. The molecule has 0 aliphatic carbocycles. The summed E-state index contributed by atoms with van der Waals surface area (Å²) in [5, 5.41) is 1.96. The molecule has 1 unspecified atom stereocenters. The maximum absolute atomic E-state index is 13.4. The molecule has 0 aliphatic rings. The Bertz CT molecular complexity index is 359. The normalized spacial score (nSPS) is 14.5. The Hall–Kier alpha value is -1.44. The monoisotopic (exact) mass is 310 g/mol. The Balaban J connectivity index is 5.25. The van der Waals surface area contributed by atoms with E-state index in [0.29, 0.717) is 0 Å². The predicted molar refractivity (Wildman–Crippen MR) is 73.0 cm³/mol. The molecular formula is C13H24F2N2O4. The number of nitrogens with two attached hydrogens (primary N) is 1. The molecule has 0 bridgehead atoms. The lowest BCUT2D eigenvalue weighted by molar-refractivity contribution is -0.159. The largest absolute Gasteiger partial charge is 0.464 e. The molecule has 0 radical (unpaired) electrons. The number of carbonyl (C=O) groups is 2. The van der Waals surface area contributed by atoms with Crippen molar-refractivity contribution < 1.29 is 27.8 Å². The van der Waals surface area contributed by atoms with E-state index in [1.807, 2.05) is 5.32 Å². The van der Waals surface area contributed by atoms with Crippen molar-refractivity contribution in [3.63, 3.8) is 0 Å². The van der Waals surface area contributed by atoms with Crippen LogP contribution in [0.5, 0.6) is 0 Å². The Morgan fingerprint density at radius 3 is 2.24 bits per heavy atom. The van der Waals surface area contributed by atoms with Crippen LogP contribution in [0.3, 0.4) is 0 Å². The van der Waals surface area contributed by atoms with Crippen LogP contribution in [0, 0.1) is 0 Å². The lowest BCUT2D eigenvalue weighted by Gasteiger charge is -2.32. The second-order valence-corrected chi connectivity index (χ2v) is 5.51. The van der Waals surface area contributed by atoms with Gasteiger partial charge in [0.15, 0.2) is 0 Å². The molecule has 0 aromatic rings. The number of hydrogen-bond donors (Lipinski definition) is 2. The molecule has 0 rings (SSSR count). The zero-order chi connectivity index (χ0) is 16.7. The SMILES string of the molecule is CCOC(=O)C(CCCN)(NC(=O)OC(C)(C)C)C(F)F. The van der Waals surface area contributed by atoms with Crippen molar-refractivity contribution in [2.45, 2.75) is 58.1 Å². The molecule has 1 amide bonds. The van der Waals surface area contributed by atoms with E-state index in [1.54, 1.807) is 20.8 Å². The number of carbonyl (C=O) groups excluding carboxylic acids is 2. The molecule has 0 spiro atoms. The van der Waals surface area contributed by atoms with Gasteiger partial charge in [-0.1, -0.05) is 0 Å². The molecule has 0 aromatic heterocycles. The van der Waals surface area contributed by atoms with Crippen LogP contribution in [0.4, 0.5) is 13.6 Å². The van der Waals surface area contributed by atoms with Crippen molar-refractivity contribution in [3.05, 3.63) is 0 Å². The zero-order valence-electron chi connectivity index (χ0n) is 12.9. The second-order valence-electron chi connectivity index (χ2n) is 5.51. The lowest BCUT2D eigenvalue weighted by atomic mass is 9.93. The van der Waals surface area contributed by atoms with E-state index in [0.717, 1.165) is 0 Å². The fraction of sp³-hybridized carbons (Fsp3) is 0.846. The van der Waals surface area contributed by atoms with E-state index in [1.165, 1.54) is 6.92 Å². The van der Waals surface area contributed by atoms with Gasteiger partial charge in [-0.2, -0.15) is 0 Å². The van der Waals surface area contributed by atoms with Crippen molar-refractivity contribution in [1.29, 1.82) is 0 Å². The van der Waals surface area contributed by atoms with E-state index >= 15 is 0 Å². The summed E-state index contributed by atoms with van der Waals surface area (Å²) in [6, 6.07) is 0. The zero-order valence-corrected chi connectivity index (χ0v) is 12.9. The molecule has 0 saturated carbocycles. The predicted octanol–water partition coefficient (Wildman–Crippen LogP) is 1.82. The molecule has 0 aromatic carbocycles. The maximum atomic E-state index is 13.4. The Labute approximate surface area is 123 Å². The highest BCUT2D eigenvalue weighted by atomic mass is 19.3. The average Bonchev–Trinajstić information content (AvgIpc) is 2.31. The van der Waals surface area contributed by atoms with Crippen molar-refractivity contribution >= 4 is 12.1 Å². The van der Waals surface area contributed by atoms with Gasteiger partial charge in [-0.15, -0.1) is 0 Å². The first-order valence-electron chi connectivity index (χ1n) is 6.75. The minimum absolute atomic E-state index is 0.0775. The van der Waals surface area contributed by atoms with Gasteiger partial charge in [0.1, 0.15) is 5.60 Å². The van der Waals surface area contributed by atoms with Gasteiger partial charge in [-0.25, -0.2) is 18.4 Å². The third-order valence-corrected chi connectivity index (χ3v) is 2.51. The van der Waals surface area contributed by atoms with Crippen molar-refractivity contribution in [2.75, 3.05) is 13.2 Å². The van der Waals surface area contributed by atoms with Gasteiger partial charge in [0.05, 0.1) is 6.61 Å². The molecule has 0 saturated heterocycles. The molecule has 6 nitrogen and oxygen atoms in total. The first-order valence-corrected chi connectivity index (χ1v) is 6.75. The van der Waals surface area contributed by atoms with Crippen LogP contribution in [-0.4, -0.2) is 42.8 Å². The maximum Gasteiger partial charge on any atom is 0.408 e. The summed E-state index contributed by atoms with van der Waals surface area (Å²) >= 11 is 0. The standard InChI is InChI=1S/C13H24F2N2O4/c1-5-20-10(18)13(9(14)15,7-6-8-16)17-11(19)21-12(2,3)4/h9H,5-8,16H2,1-4H3,(H,17,19). The number of ether oxygens (including phenoxy) is 2. The van der Waals surface area contributed by atoms with Crippen LogP contribution < -0.4 is 11.1 Å². The van der Waals surface area contributed by atoms with Gasteiger partial charge in [0.2, 0.25) is 5.54 Å². The summed E-state index contributed by atoms with van der Waals surface area (Å²) in [4.78, 5) is 23.6. The molecule has 8 heteroatoms. The summed E-state index contributed by atoms with van der Waals surface area (Å²) in [6.45, 7) is 6.27. The lowest BCUT2D eigenvalue weighted by Crippen LogP contribution is -2.61. The highest BCUT2D eigenvalue weighted by Crippen LogP contribution is 2.25. The van der Waals surface area contributed by atoms with E-state index in [-0.39, 0.29) is 26.0 Å². The highest BCUT2D eigenvalue weighted by Gasteiger charge is 2.50. The van der Waals surface area contributed by atoms with Gasteiger partial charge in [0.25, 0.3) is 6.43 Å². The van der Waals surface area contributed by atoms with E-state index in [9.17, 15) is 18.4 Å². The van der Waals surface area contributed by atoms with Gasteiger partial charge in [-0.05, 0) is 47.1 Å². The highest BCUT2D eigenvalue weighted by molar-refractivity contribution is 5.86. The number of hydrogen-bond acceptors (Lipinski definition) is 5. The molecule has 21 heavy (non-hydrogen) atoms. The Morgan fingerprint density at radius 2 is 1.86 bits per heavy atom. The van der Waals surface area contributed by atoms with Gasteiger partial charge in [-0.3, -0.25) is 0 Å². The molecule has 0 aliphatic heterocycles. The van der Waals surface area contributed by atoms with Gasteiger partial charge >= 0.3 is 12.1 Å². The van der Waals surface area contributed by atoms with Crippen LogP contribution in [0.15, 0.2) is 0 Å². The van der Waals surface area contributed by atoms with Gasteiger partial charge < -0.3 is 20.5 Å². The number of alkyl carbamates (subject to hydrolysis) is 1. The summed E-state index contributed by atoms with van der Waals surface area (Å²) in [5.41, 5.74) is 1.98. The number of rotatable bonds is 7. The van der Waals surface area contributed by atoms with Crippen LogP contribution in [0.25, 0.3) is 0 Å². The molecule has 0 fully saturated rings. The number of amides is 1. The Morgan fingerprint density at radius 1 is 1.29 bits per heavy atom. The summed E-state index contributed by atoms with van der Waals surface area (Å²) in [5.74, 6) is -1.20. The third kappa shape index (κ3) is 6.24. The number of esters is 1. The minimum atomic E-state index is -3.14. The average molecular weight is 310 g/mol. The molecule has 3 N–H and O–H groups in total. The van der Waals surface area contributed by atoms with Crippen LogP contribution in [-0.2, 0) is 14.3 Å². The third-order valence-electron chi connectivity index (χ3n) is 2.51. The molecule has 0 heterocycles. The fourth-order valence-electron chi connectivity index (χ4n) is 1.59. The summed E-state index contributed by atoms with van der Waals surface area (Å²) in [6.07, 6.45) is -4.46. The topological polar surface area (TPSA) is 90.6 Å². The van der Waals surface area contributed by atoms with Crippen LogP contribution in [0.1, 0.15) is 40.5 Å². The molecular weight excluding hydrogens is 286 g/mol. The van der Waals surface area contributed by atoms with E-state index < -0.39 is 29.6 Å². The molecule has 124 valence electrons.